The highest BCUT2D eigenvalue weighted by atomic mass is 32.2. The van der Waals surface area contributed by atoms with Crippen LogP contribution in [0.25, 0.3) is 0 Å². The van der Waals surface area contributed by atoms with Gasteiger partial charge in [0.1, 0.15) is 12.3 Å². The molecule has 172 valence electrons. The minimum atomic E-state index is -4.01. The third-order valence-electron chi connectivity index (χ3n) is 5.90. The minimum Gasteiger partial charge on any atom is -0.506 e. The van der Waals surface area contributed by atoms with E-state index in [9.17, 15) is 26.7 Å². The van der Waals surface area contributed by atoms with Gasteiger partial charge in [0.15, 0.2) is 0 Å². The Labute approximate surface area is 187 Å². The van der Waals surface area contributed by atoms with E-state index < -0.39 is 26.1 Å². The second kappa shape index (κ2) is 8.72. The predicted molar refractivity (Wildman–Crippen MR) is 119 cm³/mol. The number of rotatable bonds is 6. The smallest absolute Gasteiger partial charge is 0.326 e. The van der Waals surface area contributed by atoms with Gasteiger partial charge in [0.05, 0.1) is 10.6 Å². The van der Waals surface area contributed by atoms with Crippen LogP contribution in [0.3, 0.4) is 0 Å². The topological polar surface area (TPSA) is 133 Å². The third-order valence-corrected chi connectivity index (χ3v) is 8.79. The summed E-state index contributed by atoms with van der Waals surface area (Å²) >= 11 is 0. The maximum absolute atomic E-state index is 12.8. The molecule has 2 atom stereocenters. The summed E-state index contributed by atoms with van der Waals surface area (Å²) in [5, 5.41) is 10.4. The van der Waals surface area contributed by atoms with Crippen LogP contribution in [0.1, 0.15) is 31.2 Å². The maximum atomic E-state index is 12.8. The molecule has 2 aromatic carbocycles. The molecule has 0 aromatic heterocycles. The normalized spacial score (nSPS) is 23.1. The Morgan fingerprint density at radius 3 is 2.47 bits per heavy atom. The van der Waals surface area contributed by atoms with Gasteiger partial charge in [0.2, 0.25) is 10.0 Å². The lowest BCUT2D eigenvalue weighted by Gasteiger charge is -2.32. The summed E-state index contributed by atoms with van der Waals surface area (Å²) in [5.41, 5.74) is 0.787. The molecule has 2 aliphatic rings. The number of anilines is 1. The van der Waals surface area contributed by atoms with Crippen molar-refractivity contribution in [1.82, 2.24) is 9.44 Å². The molecule has 32 heavy (non-hydrogen) atoms. The molecule has 1 amide bonds. The molecule has 0 bridgehead atoms. The molecule has 0 spiro atoms. The third kappa shape index (κ3) is 4.74. The summed E-state index contributed by atoms with van der Waals surface area (Å²) in [5.74, 6) is -0.879. The van der Waals surface area contributed by atoms with E-state index >= 15 is 0 Å². The first kappa shape index (κ1) is 22.6. The van der Waals surface area contributed by atoms with Gasteiger partial charge >= 0.3 is 10.2 Å². The van der Waals surface area contributed by atoms with Gasteiger partial charge in [-0.05, 0) is 55.0 Å². The lowest BCUT2D eigenvalue weighted by atomic mass is 9.81. The van der Waals surface area contributed by atoms with Crippen LogP contribution in [-0.4, -0.2) is 40.4 Å². The maximum Gasteiger partial charge on any atom is 0.326 e. The molecule has 1 aliphatic heterocycles. The summed E-state index contributed by atoms with van der Waals surface area (Å²) in [6.45, 7) is -0.388. The Kier molecular flexibility index (Phi) is 6.15. The van der Waals surface area contributed by atoms with Gasteiger partial charge in [0.25, 0.3) is 5.91 Å². The number of sulfonamides is 1. The van der Waals surface area contributed by atoms with Crippen LogP contribution in [0.5, 0.6) is 5.75 Å². The van der Waals surface area contributed by atoms with Crippen molar-refractivity contribution in [2.24, 2.45) is 5.92 Å². The number of carbonyl (C=O) groups is 1. The zero-order chi connectivity index (χ0) is 22.9. The first-order valence-corrected chi connectivity index (χ1v) is 13.3. The number of carbonyl (C=O) groups excluding carboxylic acids is 1. The molecule has 1 saturated carbocycles. The molecule has 0 radical (unpaired) electrons. The number of benzene rings is 2. The van der Waals surface area contributed by atoms with Crippen molar-refractivity contribution in [2.45, 2.75) is 43.0 Å². The van der Waals surface area contributed by atoms with Gasteiger partial charge in [-0.25, -0.2) is 22.2 Å². The second-order valence-corrected chi connectivity index (χ2v) is 11.5. The predicted octanol–water partition coefficient (Wildman–Crippen LogP) is 1.65. The summed E-state index contributed by atoms with van der Waals surface area (Å²) < 4.78 is 55.2. The molecule has 3 N–H and O–H groups in total. The van der Waals surface area contributed by atoms with Crippen LogP contribution in [0.2, 0.25) is 0 Å². The quantitative estimate of drug-likeness (QED) is 0.577. The molecule has 1 heterocycles. The van der Waals surface area contributed by atoms with Crippen LogP contribution in [0.4, 0.5) is 5.69 Å². The summed E-state index contributed by atoms with van der Waals surface area (Å²) in [6, 6.07) is 12.6. The zero-order valence-electron chi connectivity index (χ0n) is 17.3. The molecular weight excluding hydrogens is 454 g/mol. The van der Waals surface area contributed by atoms with E-state index in [1.54, 1.807) is 36.4 Å². The number of nitrogens with one attached hydrogen (secondary N) is 2. The van der Waals surface area contributed by atoms with E-state index in [0.717, 1.165) is 35.6 Å². The summed E-state index contributed by atoms with van der Waals surface area (Å²) in [7, 11) is -7.65. The number of hydrogen-bond acceptors (Lipinski definition) is 6. The second-order valence-electron chi connectivity index (χ2n) is 8.15. The van der Waals surface area contributed by atoms with Crippen molar-refractivity contribution in [3.63, 3.8) is 0 Å². The van der Waals surface area contributed by atoms with Crippen molar-refractivity contribution in [2.75, 3.05) is 10.8 Å². The average Bonchev–Trinajstić information content (AvgIpc) is 3.02. The Hall–Kier alpha value is -2.63. The molecule has 4 rings (SSSR count). The lowest BCUT2D eigenvalue weighted by Crippen LogP contribution is -2.42. The molecule has 2 unspecified atom stereocenters. The molecule has 9 nitrogen and oxygen atoms in total. The van der Waals surface area contributed by atoms with Gasteiger partial charge in [-0.3, -0.25) is 4.79 Å². The van der Waals surface area contributed by atoms with E-state index in [1.807, 2.05) is 4.72 Å². The molecular formula is C21H25N3O6S2. The van der Waals surface area contributed by atoms with Crippen molar-refractivity contribution >= 4 is 31.8 Å². The average molecular weight is 480 g/mol. The van der Waals surface area contributed by atoms with Gasteiger partial charge in [-0.2, -0.15) is 8.42 Å². The SMILES string of the molecule is O=C1CN(c2ccc(CC3CCCCC3NS(=O)(=O)c3ccccc3)cc2O)S(=O)(=O)N1. The summed E-state index contributed by atoms with van der Waals surface area (Å²) in [6.07, 6.45) is 4.00. The molecule has 2 aromatic rings. The van der Waals surface area contributed by atoms with Gasteiger partial charge in [-0.15, -0.1) is 0 Å². The van der Waals surface area contributed by atoms with E-state index in [-0.39, 0.29) is 34.8 Å². The Morgan fingerprint density at radius 2 is 1.81 bits per heavy atom. The van der Waals surface area contributed by atoms with Gasteiger partial charge in [-0.1, -0.05) is 37.1 Å². The Morgan fingerprint density at radius 1 is 1.09 bits per heavy atom. The van der Waals surface area contributed by atoms with E-state index in [4.69, 9.17) is 0 Å². The van der Waals surface area contributed by atoms with Crippen molar-refractivity contribution in [1.29, 1.82) is 0 Å². The van der Waals surface area contributed by atoms with E-state index in [2.05, 4.69) is 4.72 Å². The molecule has 2 fully saturated rings. The van der Waals surface area contributed by atoms with Crippen LogP contribution < -0.4 is 13.7 Å². The molecule has 1 aliphatic carbocycles. The number of aromatic hydroxyl groups is 1. The number of nitrogens with zero attached hydrogens (tertiary/aromatic N) is 1. The highest BCUT2D eigenvalue weighted by Gasteiger charge is 2.36. The standard InChI is InChI=1S/C21H25N3O6S2/c25-20-13-15(10-11-19(20)24-14-21(26)23-32(24,29)30)12-16-6-4-5-9-18(16)22-31(27,28)17-7-2-1-3-8-17/h1-3,7-8,10-11,13,16,18,22,25H,4-6,9,12,14H2,(H,23,26). The zero-order valence-corrected chi connectivity index (χ0v) is 18.9. The van der Waals surface area contributed by atoms with Crippen LogP contribution in [0.15, 0.2) is 53.4 Å². The fraction of sp³-hybridized carbons (Fsp3) is 0.381. The highest BCUT2D eigenvalue weighted by Crippen LogP contribution is 2.34. The van der Waals surface area contributed by atoms with Crippen molar-refractivity contribution < 1.29 is 26.7 Å². The number of hydrogen-bond donors (Lipinski definition) is 3. The fourth-order valence-corrected chi connectivity index (χ4v) is 6.87. The first-order chi connectivity index (χ1) is 15.2. The molecule has 1 saturated heterocycles. The lowest BCUT2D eigenvalue weighted by molar-refractivity contribution is -0.117. The van der Waals surface area contributed by atoms with Crippen molar-refractivity contribution in [3.05, 3.63) is 54.1 Å². The van der Waals surface area contributed by atoms with Gasteiger partial charge < -0.3 is 5.11 Å². The van der Waals surface area contributed by atoms with Crippen LogP contribution >= 0.6 is 0 Å². The van der Waals surface area contributed by atoms with Crippen LogP contribution in [0, 0.1) is 5.92 Å². The van der Waals surface area contributed by atoms with Crippen LogP contribution in [-0.2, 0) is 31.4 Å². The van der Waals surface area contributed by atoms with E-state index in [0.29, 0.717) is 6.42 Å². The number of amides is 1. The minimum absolute atomic E-state index is 0.0251. The highest BCUT2D eigenvalue weighted by molar-refractivity contribution is 7.92. The number of phenolic OH excluding ortho intramolecular Hbond substituents is 1. The monoisotopic (exact) mass is 479 g/mol. The Balaban J connectivity index is 1.51. The summed E-state index contributed by atoms with van der Waals surface area (Å²) in [4.78, 5) is 11.7. The number of phenols is 1. The molecule has 11 heteroatoms. The van der Waals surface area contributed by atoms with Crippen molar-refractivity contribution in [3.8, 4) is 5.75 Å². The van der Waals surface area contributed by atoms with Gasteiger partial charge in [0, 0.05) is 6.04 Å². The Bertz CT molecular complexity index is 1220. The van der Waals surface area contributed by atoms with E-state index in [1.165, 1.54) is 12.1 Å². The fourth-order valence-electron chi connectivity index (χ4n) is 4.35. The first-order valence-electron chi connectivity index (χ1n) is 10.4. The largest absolute Gasteiger partial charge is 0.506 e.